The zero-order valence-corrected chi connectivity index (χ0v) is 10.0. The van der Waals surface area contributed by atoms with E-state index in [1.54, 1.807) is 6.20 Å². The molecule has 0 aliphatic heterocycles. The average Bonchev–Trinajstić information content (AvgIpc) is 2.66. The number of aromatic nitrogens is 1. The van der Waals surface area contributed by atoms with Crippen LogP contribution in [0.15, 0.2) is 11.6 Å². The molecule has 0 saturated carbocycles. The molecule has 0 aromatic carbocycles. The van der Waals surface area contributed by atoms with Gasteiger partial charge < -0.3 is 10.4 Å². The number of thiazole rings is 1. The van der Waals surface area contributed by atoms with Crippen molar-refractivity contribution < 1.29 is 14.7 Å². The quantitative estimate of drug-likeness (QED) is 0.809. The highest BCUT2D eigenvalue weighted by molar-refractivity contribution is 7.09. The highest BCUT2D eigenvalue weighted by Crippen LogP contribution is 2.08. The van der Waals surface area contributed by atoms with Crippen LogP contribution in [0.25, 0.3) is 0 Å². The number of rotatable bonds is 5. The van der Waals surface area contributed by atoms with Crippen molar-refractivity contribution >= 4 is 23.2 Å². The molecule has 0 fully saturated rings. The Kier molecular flexibility index (Phi) is 4.00. The molecule has 16 heavy (non-hydrogen) atoms. The van der Waals surface area contributed by atoms with Crippen LogP contribution < -0.4 is 5.32 Å². The molecule has 0 atom stereocenters. The average molecular weight is 242 g/mol. The second-order valence-electron chi connectivity index (χ2n) is 3.90. The minimum absolute atomic E-state index is 0.254. The molecule has 0 unspecified atom stereocenters. The molecule has 6 heteroatoms. The van der Waals surface area contributed by atoms with Crippen molar-refractivity contribution in [3.63, 3.8) is 0 Å². The Morgan fingerprint density at radius 1 is 1.56 bits per heavy atom. The summed E-state index contributed by atoms with van der Waals surface area (Å²) in [5.74, 6) is -1.32. The zero-order valence-electron chi connectivity index (χ0n) is 9.19. The summed E-state index contributed by atoms with van der Waals surface area (Å²) in [6.45, 7) is 2.91. The van der Waals surface area contributed by atoms with Crippen molar-refractivity contribution in [1.82, 2.24) is 10.3 Å². The highest BCUT2D eigenvalue weighted by Gasteiger charge is 2.28. The number of carbonyl (C=O) groups excluding carboxylic acids is 1. The smallest absolute Gasteiger partial charge is 0.328 e. The second kappa shape index (κ2) is 5.07. The molecule has 1 amide bonds. The van der Waals surface area contributed by atoms with E-state index in [4.69, 9.17) is 5.11 Å². The van der Waals surface area contributed by atoms with E-state index in [-0.39, 0.29) is 12.3 Å². The number of hydrogen-bond donors (Lipinski definition) is 2. The Morgan fingerprint density at radius 3 is 2.75 bits per heavy atom. The van der Waals surface area contributed by atoms with Gasteiger partial charge in [0.05, 0.1) is 5.01 Å². The number of nitrogens with one attached hydrogen (secondary N) is 1. The van der Waals surface area contributed by atoms with Crippen molar-refractivity contribution in [3.05, 3.63) is 16.6 Å². The first-order valence-corrected chi connectivity index (χ1v) is 5.72. The second-order valence-corrected chi connectivity index (χ2v) is 4.88. The summed E-state index contributed by atoms with van der Waals surface area (Å²) in [5, 5.41) is 14.0. The molecular formula is C10H14N2O3S. The summed E-state index contributed by atoms with van der Waals surface area (Å²) in [4.78, 5) is 26.3. The van der Waals surface area contributed by atoms with Crippen LogP contribution in [0.1, 0.15) is 25.3 Å². The summed E-state index contributed by atoms with van der Waals surface area (Å²) in [7, 11) is 0. The topological polar surface area (TPSA) is 79.3 Å². The zero-order chi connectivity index (χ0) is 12.2. The summed E-state index contributed by atoms with van der Waals surface area (Å²) in [5.41, 5.74) is -1.22. The molecular weight excluding hydrogens is 228 g/mol. The van der Waals surface area contributed by atoms with Gasteiger partial charge in [-0.1, -0.05) is 0 Å². The predicted octanol–water partition coefficient (Wildman–Crippen LogP) is 1.06. The van der Waals surface area contributed by atoms with Crippen molar-refractivity contribution in [1.29, 1.82) is 0 Å². The van der Waals surface area contributed by atoms with Gasteiger partial charge in [0.25, 0.3) is 0 Å². The number of aryl methyl sites for hydroxylation is 1. The maximum Gasteiger partial charge on any atom is 0.328 e. The molecule has 0 aliphatic rings. The minimum atomic E-state index is -1.22. The maximum atomic E-state index is 11.5. The normalized spacial score (nSPS) is 11.1. The van der Waals surface area contributed by atoms with Crippen molar-refractivity contribution in [3.8, 4) is 0 Å². The predicted molar refractivity (Wildman–Crippen MR) is 60.3 cm³/mol. The lowest BCUT2D eigenvalue weighted by Gasteiger charge is -2.20. The van der Waals surface area contributed by atoms with Crippen LogP contribution in [-0.2, 0) is 16.0 Å². The Labute approximate surface area is 97.5 Å². The van der Waals surface area contributed by atoms with Crippen LogP contribution >= 0.6 is 11.3 Å². The van der Waals surface area contributed by atoms with Gasteiger partial charge in [-0.3, -0.25) is 4.79 Å². The lowest BCUT2D eigenvalue weighted by Crippen LogP contribution is -2.49. The van der Waals surface area contributed by atoms with E-state index >= 15 is 0 Å². The minimum Gasteiger partial charge on any atom is -0.480 e. The van der Waals surface area contributed by atoms with Gasteiger partial charge in [-0.2, -0.15) is 0 Å². The van der Waals surface area contributed by atoms with E-state index in [1.165, 1.54) is 25.2 Å². The van der Waals surface area contributed by atoms with E-state index in [9.17, 15) is 9.59 Å². The molecule has 0 bridgehead atoms. The van der Waals surface area contributed by atoms with Gasteiger partial charge in [0.2, 0.25) is 5.91 Å². The maximum absolute atomic E-state index is 11.5. The van der Waals surface area contributed by atoms with Gasteiger partial charge in [-0.05, 0) is 13.8 Å². The molecule has 1 aromatic heterocycles. The molecule has 5 nitrogen and oxygen atoms in total. The van der Waals surface area contributed by atoms with Gasteiger partial charge in [0.1, 0.15) is 5.54 Å². The number of amides is 1. The number of carboxylic acid groups (broad SMARTS) is 1. The highest BCUT2D eigenvalue weighted by atomic mass is 32.1. The van der Waals surface area contributed by atoms with Crippen LogP contribution in [0, 0.1) is 0 Å². The van der Waals surface area contributed by atoms with Gasteiger partial charge in [-0.25, -0.2) is 9.78 Å². The number of nitrogens with zero attached hydrogens (tertiary/aromatic N) is 1. The largest absolute Gasteiger partial charge is 0.480 e. The molecule has 1 heterocycles. The monoisotopic (exact) mass is 242 g/mol. The molecule has 0 aliphatic carbocycles. The SMILES string of the molecule is CC(C)(NC(=O)CCc1nccs1)C(=O)O. The van der Waals surface area contributed by atoms with Gasteiger partial charge in [-0.15, -0.1) is 11.3 Å². The van der Waals surface area contributed by atoms with Crippen LogP contribution in [0.3, 0.4) is 0 Å². The molecule has 0 radical (unpaired) electrons. The third kappa shape index (κ3) is 3.62. The molecule has 1 rings (SSSR count). The molecule has 88 valence electrons. The third-order valence-electron chi connectivity index (χ3n) is 2.04. The number of carbonyl (C=O) groups is 2. The van der Waals surface area contributed by atoms with Crippen molar-refractivity contribution in [2.24, 2.45) is 0 Å². The van der Waals surface area contributed by atoms with E-state index in [1.807, 2.05) is 5.38 Å². The summed E-state index contributed by atoms with van der Waals surface area (Å²) in [6.07, 6.45) is 2.47. The standard InChI is InChI=1S/C10H14N2O3S/c1-10(2,9(14)15)12-7(13)3-4-8-11-5-6-16-8/h5-6H,3-4H2,1-2H3,(H,12,13)(H,14,15). The first-order valence-electron chi connectivity index (χ1n) is 4.84. The van der Waals surface area contributed by atoms with Crippen LogP contribution in [0.4, 0.5) is 0 Å². The Balaban J connectivity index is 2.39. The fourth-order valence-corrected chi connectivity index (χ4v) is 1.68. The summed E-state index contributed by atoms with van der Waals surface area (Å²) < 4.78 is 0. The lowest BCUT2D eigenvalue weighted by atomic mass is 10.1. The van der Waals surface area contributed by atoms with Gasteiger partial charge in [0, 0.05) is 24.4 Å². The summed E-state index contributed by atoms with van der Waals surface area (Å²) >= 11 is 1.48. The lowest BCUT2D eigenvalue weighted by molar-refractivity contribution is -0.146. The van der Waals surface area contributed by atoms with E-state index in [2.05, 4.69) is 10.3 Å². The van der Waals surface area contributed by atoms with E-state index in [0.29, 0.717) is 6.42 Å². The van der Waals surface area contributed by atoms with Crippen molar-refractivity contribution in [2.75, 3.05) is 0 Å². The van der Waals surface area contributed by atoms with Crippen molar-refractivity contribution in [2.45, 2.75) is 32.2 Å². The fourth-order valence-electron chi connectivity index (χ4n) is 1.06. The molecule has 0 spiro atoms. The number of aliphatic carboxylic acids is 1. The summed E-state index contributed by atoms with van der Waals surface area (Å²) in [6, 6.07) is 0. The Morgan fingerprint density at radius 2 is 2.25 bits per heavy atom. The number of hydrogen-bond acceptors (Lipinski definition) is 4. The third-order valence-corrected chi connectivity index (χ3v) is 2.88. The Bertz CT molecular complexity index is 373. The number of carboxylic acids is 1. The molecule has 1 aromatic rings. The van der Waals surface area contributed by atoms with Gasteiger partial charge in [0.15, 0.2) is 0 Å². The first kappa shape index (κ1) is 12.6. The van der Waals surface area contributed by atoms with Crippen LogP contribution in [0.5, 0.6) is 0 Å². The Hall–Kier alpha value is -1.43. The first-order chi connectivity index (χ1) is 7.42. The van der Waals surface area contributed by atoms with Crippen LogP contribution in [-0.4, -0.2) is 27.5 Å². The van der Waals surface area contributed by atoms with E-state index in [0.717, 1.165) is 5.01 Å². The van der Waals surface area contributed by atoms with Gasteiger partial charge >= 0.3 is 5.97 Å². The van der Waals surface area contributed by atoms with E-state index < -0.39 is 11.5 Å². The molecule has 0 saturated heterocycles. The van der Waals surface area contributed by atoms with Crippen LogP contribution in [0.2, 0.25) is 0 Å². The molecule has 2 N–H and O–H groups in total. The fraction of sp³-hybridized carbons (Fsp3) is 0.500.